The molecule has 0 aliphatic heterocycles. The molecule has 0 aliphatic carbocycles. The summed E-state index contributed by atoms with van der Waals surface area (Å²) in [4.78, 5) is 20.8. The van der Waals surface area contributed by atoms with Gasteiger partial charge in [-0.3, -0.25) is 4.79 Å². The summed E-state index contributed by atoms with van der Waals surface area (Å²) in [5.41, 5.74) is 2.40. The predicted octanol–water partition coefficient (Wildman–Crippen LogP) is 3.99. The molecule has 0 saturated heterocycles. The van der Waals surface area contributed by atoms with Gasteiger partial charge in [0.15, 0.2) is 5.69 Å². The van der Waals surface area contributed by atoms with E-state index in [0.29, 0.717) is 21.5 Å². The van der Waals surface area contributed by atoms with Crippen molar-refractivity contribution in [2.24, 2.45) is 0 Å². The summed E-state index contributed by atoms with van der Waals surface area (Å²) in [6, 6.07) is 10.6. The number of nitrogens with one attached hydrogen (secondary N) is 2. The van der Waals surface area contributed by atoms with Gasteiger partial charge in [-0.1, -0.05) is 23.7 Å². The number of carbonyl (C=O) groups is 1. The average molecular weight is 375 g/mol. The highest BCUT2D eigenvalue weighted by atomic mass is 35.5. The maximum absolute atomic E-state index is 12.6. The van der Waals surface area contributed by atoms with Crippen LogP contribution in [0.3, 0.4) is 0 Å². The molecule has 0 unspecified atom stereocenters. The molecule has 2 aromatic heterocycles. The zero-order valence-corrected chi connectivity index (χ0v) is 14.9. The third-order valence-electron chi connectivity index (χ3n) is 3.30. The van der Waals surface area contributed by atoms with Crippen LogP contribution in [0.1, 0.15) is 21.1 Å². The zero-order valence-electron chi connectivity index (χ0n) is 13.3. The van der Waals surface area contributed by atoms with Crippen molar-refractivity contribution in [1.82, 2.24) is 9.97 Å². The third-order valence-corrected chi connectivity index (χ3v) is 4.39. The topological polar surface area (TPSA) is 87.1 Å². The first-order chi connectivity index (χ1) is 12.0. The average Bonchev–Trinajstić information content (AvgIpc) is 2.95. The molecule has 8 heteroatoms. The van der Waals surface area contributed by atoms with E-state index in [0.717, 1.165) is 16.3 Å². The standard InChI is InChI=1S/C17H15ClN4O2S/c1-10-20-15(16(24)21-13-5-6-19-14(18)8-13)17(25-10)22-12-4-2-3-11(7-12)9-23/h2-8,22-23H,9H2,1H3,(H,19,21,24). The van der Waals surface area contributed by atoms with Crippen LogP contribution >= 0.6 is 22.9 Å². The zero-order chi connectivity index (χ0) is 17.8. The molecular weight excluding hydrogens is 360 g/mol. The number of carbonyl (C=O) groups excluding carboxylic acids is 1. The number of aliphatic hydroxyl groups excluding tert-OH is 1. The number of thiazole rings is 1. The van der Waals surface area contributed by atoms with E-state index >= 15 is 0 Å². The number of aryl methyl sites for hydroxylation is 1. The highest BCUT2D eigenvalue weighted by Crippen LogP contribution is 2.29. The summed E-state index contributed by atoms with van der Waals surface area (Å²) >= 11 is 7.22. The van der Waals surface area contributed by atoms with Crippen molar-refractivity contribution in [2.75, 3.05) is 10.6 Å². The lowest BCUT2D eigenvalue weighted by Gasteiger charge is -2.08. The molecule has 0 radical (unpaired) electrons. The van der Waals surface area contributed by atoms with Gasteiger partial charge in [0.1, 0.15) is 10.2 Å². The Morgan fingerprint density at radius 3 is 2.88 bits per heavy atom. The fourth-order valence-corrected chi connectivity index (χ4v) is 3.22. The highest BCUT2D eigenvalue weighted by molar-refractivity contribution is 7.16. The Labute approximate surface area is 153 Å². The Kier molecular flexibility index (Phi) is 5.28. The highest BCUT2D eigenvalue weighted by Gasteiger charge is 2.17. The van der Waals surface area contributed by atoms with Gasteiger partial charge in [0.05, 0.1) is 11.6 Å². The number of aliphatic hydroxyl groups is 1. The lowest BCUT2D eigenvalue weighted by Crippen LogP contribution is -2.14. The van der Waals surface area contributed by atoms with Crippen LogP contribution in [0, 0.1) is 6.92 Å². The van der Waals surface area contributed by atoms with Crippen LogP contribution in [0.2, 0.25) is 5.15 Å². The van der Waals surface area contributed by atoms with Crippen molar-refractivity contribution in [3.63, 3.8) is 0 Å². The van der Waals surface area contributed by atoms with E-state index in [4.69, 9.17) is 11.6 Å². The first kappa shape index (κ1) is 17.3. The van der Waals surface area contributed by atoms with Gasteiger partial charge in [0.25, 0.3) is 5.91 Å². The molecule has 0 atom stereocenters. The second kappa shape index (κ2) is 7.60. The van der Waals surface area contributed by atoms with E-state index < -0.39 is 0 Å². The fraction of sp³-hybridized carbons (Fsp3) is 0.118. The smallest absolute Gasteiger partial charge is 0.277 e. The monoisotopic (exact) mass is 374 g/mol. The molecule has 0 fully saturated rings. The Balaban J connectivity index is 1.83. The molecule has 128 valence electrons. The number of pyridine rings is 1. The Morgan fingerprint density at radius 1 is 1.28 bits per heavy atom. The summed E-state index contributed by atoms with van der Waals surface area (Å²) < 4.78 is 0. The van der Waals surface area contributed by atoms with Crippen LogP contribution in [0.15, 0.2) is 42.6 Å². The van der Waals surface area contributed by atoms with Gasteiger partial charge >= 0.3 is 0 Å². The minimum absolute atomic E-state index is 0.0482. The Bertz CT molecular complexity index is 913. The van der Waals surface area contributed by atoms with E-state index in [1.54, 1.807) is 12.1 Å². The first-order valence-electron chi connectivity index (χ1n) is 7.42. The fourth-order valence-electron chi connectivity index (χ4n) is 2.21. The molecule has 6 nitrogen and oxygen atoms in total. The molecule has 25 heavy (non-hydrogen) atoms. The molecule has 3 aromatic rings. The number of amides is 1. The van der Waals surface area contributed by atoms with Crippen molar-refractivity contribution in [1.29, 1.82) is 0 Å². The summed E-state index contributed by atoms with van der Waals surface area (Å²) in [6.07, 6.45) is 1.52. The number of nitrogens with zero attached hydrogens (tertiary/aromatic N) is 2. The van der Waals surface area contributed by atoms with Gasteiger partial charge in [0.2, 0.25) is 0 Å². The number of benzene rings is 1. The van der Waals surface area contributed by atoms with Crippen LogP contribution in [-0.4, -0.2) is 21.0 Å². The summed E-state index contributed by atoms with van der Waals surface area (Å²) in [5, 5.41) is 16.9. The molecule has 1 aromatic carbocycles. The second-order valence-electron chi connectivity index (χ2n) is 5.22. The lowest BCUT2D eigenvalue weighted by molar-refractivity contribution is 0.102. The molecule has 0 bridgehead atoms. The second-order valence-corrected chi connectivity index (χ2v) is 6.81. The van der Waals surface area contributed by atoms with Gasteiger partial charge in [-0.15, -0.1) is 11.3 Å². The first-order valence-corrected chi connectivity index (χ1v) is 8.62. The number of rotatable bonds is 5. The van der Waals surface area contributed by atoms with E-state index in [-0.39, 0.29) is 12.5 Å². The maximum Gasteiger partial charge on any atom is 0.277 e. The van der Waals surface area contributed by atoms with Crippen molar-refractivity contribution in [3.8, 4) is 0 Å². The van der Waals surface area contributed by atoms with Gasteiger partial charge in [0, 0.05) is 17.6 Å². The van der Waals surface area contributed by atoms with Crippen LogP contribution in [0.25, 0.3) is 0 Å². The summed E-state index contributed by atoms with van der Waals surface area (Å²) in [7, 11) is 0. The van der Waals surface area contributed by atoms with E-state index in [2.05, 4.69) is 20.6 Å². The molecular formula is C17H15ClN4O2S. The van der Waals surface area contributed by atoms with Gasteiger partial charge in [-0.05, 0) is 36.8 Å². The molecule has 3 rings (SSSR count). The molecule has 0 saturated carbocycles. The lowest BCUT2D eigenvalue weighted by atomic mass is 10.2. The van der Waals surface area contributed by atoms with Crippen molar-refractivity contribution < 1.29 is 9.90 Å². The van der Waals surface area contributed by atoms with Crippen molar-refractivity contribution >= 4 is 45.2 Å². The molecule has 3 N–H and O–H groups in total. The Hall–Kier alpha value is -2.48. The Morgan fingerprint density at radius 2 is 2.12 bits per heavy atom. The van der Waals surface area contributed by atoms with Crippen molar-refractivity contribution in [2.45, 2.75) is 13.5 Å². The van der Waals surface area contributed by atoms with Gasteiger partial charge < -0.3 is 15.7 Å². The quantitative estimate of drug-likeness (QED) is 0.588. The normalized spacial score (nSPS) is 10.5. The van der Waals surface area contributed by atoms with E-state index in [1.807, 2.05) is 31.2 Å². The molecule has 0 spiro atoms. The molecule has 1 amide bonds. The minimum atomic E-state index is -0.340. The number of anilines is 3. The number of hydrogen-bond donors (Lipinski definition) is 3. The maximum atomic E-state index is 12.6. The van der Waals surface area contributed by atoms with Crippen LogP contribution < -0.4 is 10.6 Å². The number of hydrogen-bond acceptors (Lipinski definition) is 6. The van der Waals surface area contributed by atoms with E-state index in [9.17, 15) is 9.90 Å². The number of aromatic nitrogens is 2. The van der Waals surface area contributed by atoms with E-state index in [1.165, 1.54) is 17.5 Å². The summed E-state index contributed by atoms with van der Waals surface area (Å²) in [5.74, 6) is -0.340. The largest absolute Gasteiger partial charge is 0.392 e. The minimum Gasteiger partial charge on any atom is -0.392 e. The van der Waals surface area contributed by atoms with Crippen LogP contribution in [-0.2, 0) is 6.61 Å². The molecule has 0 aliphatic rings. The number of halogens is 1. The van der Waals surface area contributed by atoms with Crippen LogP contribution in [0.5, 0.6) is 0 Å². The molecule has 2 heterocycles. The van der Waals surface area contributed by atoms with Crippen molar-refractivity contribution in [3.05, 3.63) is 64.0 Å². The van der Waals surface area contributed by atoms with Gasteiger partial charge in [-0.25, -0.2) is 9.97 Å². The third kappa shape index (κ3) is 4.33. The predicted molar refractivity (Wildman–Crippen MR) is 99.7 cm³/mol. The van der Waals surface area contributed by atoms with Gasteiger partial charge in [-0.2, -0.15) is 0 Å². The summed E-state index contributed by atoms with van der Waals surface area (Å²) in [6.45, 7) is 1.79. The van der Waals surface area contributed by atoms with Crippen LogP contribution in [0.4, 0.5) is 16.4 Å². The SMILES string of the molecule is Cc1nc(C(=O)Nc2ccnc(Cl)c2)c(Nc2cccc(CO)c2)s1.